The molecule has 0 bridgehead atoms. The van der Waals surface area contributed by atoms with Crippen LogP contribution >= 0.6 is 11.6 Å². The lowest BCUT2D eigenvalue weighted by Gasteiger charge is -2.23. The lowest BCUT2D eigenvalue weighted by molar-refractivity contribution is 0.212. The number of rotatable bonds is 4. The Hall–Kier alpha value is -2.24. The summed E-state index contributed by atoms with van der Waals surface area (Å²) >= 11 is 6.37. The van der Waals surface area contributed by atoms with Crippen molar-refractivity contribution >= 4 is 11.6 Å². The van der Waals surface area contributed by atoms with Gasteiger partial charge in [0.15, 0.2) is 0 Å². The Kier molecular flexibility index (Phi) is 4.28. The third-order valence-electron chi connectivity index (χ3n) is 4.35. The zero-order chi connectivity index (χ0) is 16.4. The second-order valence-corrected chi connectivity index (χ2v) is 6.31. The van der Waals surface area contributed by atoms with Gasteiger partial charge in [0.2, 0.25) is 11.7 Å². The van der Waals surface area contributed by atoms with Gasteiger partial charge in [-0.3, -0.25) is 9.88 Å². The Balaban J connectivity index is 1.53. The maximum atomic E-state index is 6.37. The summed E-state index contributed by atoms with van der Waals surface area (Å²) in [4.78, 5) is 10.9. The van der Waals surface area contributed by atoms with E-state index in [0.29, 0.717) is 24.3 Å². The minimum atomic E-state index is 0.299. The van der Waals surface area contributed by atoms with Gasteiger partial charge in [-0.15, -0.1) is 0 Å². The quantitative estimate of drug-likeness (QED) is 0.715. The molecular formula is C18H17ClN4O. The van der Waals surface area contributed by atoms with E-state index in [1.807, 2.05) is 30.3 Å². The average Bonchev–Trinajstić information content (AvgIpc) is 3.26. The molecule has 0 aliphatic carbocycles. The van der Waals surface area contributed by atoms with Crippen molar-refractivity contribution in [3.8, 4) is 11.4 Å². The van der Waals surface area contributed by atoms with Crippen LogP contribution in [0.4, 0.5) is 0 Å². The van der Waals surface area contributed by atoms with Gasteiger partial charge in [-0.05, 0) is 43.1 Å². The molecule has 122 valence electrons. The highest BCUT2D eigenvalue weighted by molar-refractivity contribution is 6.31. The predicted molar refractivity (Wildman–Crippen MR) is 91.4 cm³/mol. The first-order chi connectivity index (χ1) is 11.8. The van der Waals surface area contributed by atoms with Crippen LogP contribution in [0.1, 0.15) is 30.3 Å². The van der Waals surface area contributed by atoms with E-state index in [-0.39, 0.29) is 0 Å². The first-order valence-electron chi connectivity index (χ1n) is 8.03. The molecular weight excluding hydrogens is 324 g/mol. The maximum Gasteiger partial charge on any atom is 0.241 e. The topological polar surface area (TPSA) is 55.1 Å². The number of hydrogen-bond acceptors (Lipinski definition) is 5. The largest absolute Gasteiger partial charge is 0.338 e. The minimum absolute atomic E-state index is 0.299. The Morgan fingerprint density at radius 2 is 2.12 bits per heavy atom. The molecule has 0 spiro atoms. The Labute approximate surface area is 145 Å². The van der Waals surface area contributed by atoms with Gasteiger partial charge in [0.1, 0.15) is 0 Å². The molecule has 1 aromatic carbocycles. The monoisotopic (exact) mass is 340 g/mol. The van der Waals surface area contributed by atoms with Gasteiger partial charge in [-0.1, -0.05) is 35.0 Å². The third kappa shape index (κ3) is 3.05. The van der Waals surface area contributed by atoms with Gasteiger partial charge < -0.3 is 4.52 Å². The molecule has 0 radical (unpaired) electrons. The molecule has 0 N–H and O–H groups in total. The smallest absolute Gasteiger partial charge is 0.241 e. The summed E-state index contributed by atoms with van der Waals surface area (Å²) in [6, 6.07) is 12.1. The Morgan fingerprint density at radius 1 is 1.21 bits per heavy atom. The second-order valence-electron chi connectivity index (χ2n) is 5.90. The van der Waals surface area contributed by atoms with E-state index in [2.05, 4.69) is 26.1 Å². The molecule has 0 amide bonds. The molecule has 24 heavy (non-hydrogen) atoms. The van der Waals surface area contributed by atoms with Crippen LogP contribution in [0.25, 0.3) is 11.4 Å². The van der Waals surface area contributed by atoms with E-state index >= 15 is 0 Å². The third-order valence-corrected chi connectivity index (χ3v) is 4.70. The molecule has 0 unspecified atom stereocenters. The fourth-order valence-corrected chi connectivity index (χ4v) is 3.48. The van der Waals surface area contributed by atoms with Gasteiger partial charge in [-0.2, -0.15) is 4.98 Å². The Morgan fingerprint density at radius 3 is 2.96 bits per heavy atom. The van der Waals surface area contributed by atoms with Crippen LogP contribution in [0, 0.1) is 0 Å². The number of aromatic nitrogens is 3. The predicted octanol–water partition coefficient (Wildman–Crippen LogP) is 4.12. The van der Waals surface area contributed by atoms with Crippen molar-refractivity contribution in [1.29, 1.82) is 0 Å². The SMILES string of the molecule is Clc1ccccc1[C@@H]1CCCN1Cc1nc(-c2cccnc2)no1. The summed E-state index contributed by atoms with van der Waals surface area (Å²) in [5, 5.41) is 4.88. The van der Waals surface area contributed by atoms with Gasteiger partial charge >= 0.3 is 0 Å². The number of pyridine rings is 1. The van der Waals surface area contributed by atoms with Gasteiger partial charge in [-0.25, -0.2) is 0 Å². The second kappa shape index (κ2) is 6.71. The van der Waals surface area contributed by atoms with E-state index in [4.69, 9.17) is 16.1 Å². The molecule has 4 rings (SSSR count). The molecule has 1 aliphatic heterocycles. The van der Waals surface area contributed by atoms with Crippen molar-refractivity contribution in [2.45, 2.75) is 25.4 Å². The average molecular weight is 341 g/mol. The number of nitrogens with zero attached hydrogens (tertiary/aromatic N) is 4. The normalized spacial score (nSPS) is 18.1. The highest BCUT2D eigenvalue weighted by atomic mass is 35.5. The Bertz CT molecular complexity index is 821. The first-order valence-corrected chi connectivity index (χ1v) is 8.40. The van der Waals surface area contributed by atoms with E-state index in [0.717, 1.165) is 30.0 Å². The molecule has 6 heteroatoms. The fraction of sp³-hybridized carbons (Fsp3) is 0.278. The van der Waals surface area contributed by atoms with Crippen LogP contribution in [-0.4, -0.2) is 26.6 Å². The van der Waals surface area contributed by atoms with E-state index in [1.165, 1.54) is 5.56 Å². The van der Waals surface area contributed by atoms with Crippen molar-refractivity contribution in [2.75, 3.05) is 6.54 Å². The molecule has 3 aromatic rings. The van der Waals surface area contributed by atoms with E-state index < -0.39 is 0 Å². The first kappa shape index (κ1) is 15.3. The molecule has 3 heterocycles. The van der Waals surface area contributed by atoms with Crippen LogP contribution in [-0.2, 0) is 6.54 Å². The number of halogens is 1. The summed E-state index contributed by atoms with van der Waals surface area (Å²) in [6.07, 6.45) is 5.69. The molecule has 1 atom stereocenters. The van der Waals surface area contributed by atoms with Crippen molar-refractivity contribution in [1.82, 2.24) is 20.0 Å². The fourth-order valence-electron chi connectivity index (χ4n) is 3.22. The zero-order valence-electron chi connectivity index (χ0n) is 13.1. The van der Waals surface area contributed by atoms with Crippen molar-refractivity contribution in [2.24, 2.45) is 0 Å². The van der Waals surface area contributed by atoms with E-state index in [1.54, 1.807) is 12.4 Å². The van der Waals surface area contributed by atoms with Crippen molar-refractivity contribution < 1.29 is 4.52 Å². The van der Waals surface area contributed by atoms with Crippen LogP contribution in [0.3, 0.4) is 0 Å². The maximum absolute atomic E-state index is 6.37. The molecule has 5 nitrogen and oxygen atoms in total. The summed E-state index contributed by atoms with van der Waals surface area (Å²) in [7, 11) is 0. The number of benzene rings is 1. The number of likely N-dealkylation sites (tertiary alicyclic amines) is 1. The lowest BCUT2D eigenvalue weighted by Crippen LogP contribution is -2.23. The van der Waals surface area contributed by atoms with E-state index in [9.17, 15) is 0 Å². The summed E-state index contributed by atoms with van der Waals surface area (Å²) in [6.45, 7) is 1.63. The molecule has 0 saturated carbocycles. The standard InChI is InChI=1S/C18H17ClN4O/c19-15-7-2-1-6-14(15)16-8-4-10-23(16)12-17-21-18(22-24-17)13-5-3-9-20-11-13/h1-3,5-7,9,11,16H,4,8,10,12H2/t16-/m0/s1. The van der Waals surface area contributed by atoms with Gasteiger partial charge in [0, 0.05) is 29.0 Å². The van der Waals surface area contributed by atoms with Gasteiger partial charge in [0.25, 0.3) is 0 Å². The highest BCUT2D eigenvalue weighted by Crippen LogP contribution is 2.36. The lowest BCUT2D eigenvalue weighted by atomic mass is 10.0. The van der Waals surface area contributed by atoms with Crippen LogP contribution < -0.4 is 0 Å². The highest BCUT2D eigenvalue weighted by Gasteiger charge is 2.28. The molecule has 2 aromatic heterocycles. The minimum Gasteiger partial charge on any atom is -0.338 e. The van der Waals surface area contributed by atoms with Crippen LogP contribution in [0.15, 0.2) is 53.3 Å². The molecule has 1 saturated heterocycles. The van der Waals surface area contributed by atoms with Gasteiger partial charge in [0.05, 0.1) is 6.54 Å². The number of hydrogen-bond donors (Lipinski definition) is 0. The van der Waals surface area contributed by atoms with Crippen LogP contribution in [0.5, 0.6) is 0 Å². The van der Waals surface area contributed by atoms with Crippen molar-refractivity contribution in [3.63, 3.8) is 0 Å². The molecule has 1 fully saturated rings. The summed E-state index contributed by atoms with van der Waals surface area (Å²) in [5.74, 6) is 1.19. The van der Waals surface area contributed by atoms with Crippen LogP contribution in [0.2, 0.25) is 5.02 Å². The summed E-state index contributed by atoms with van der Waals surface area (Å²) in [5.41, 5.74) is 2.03. The zero-order valence-corrected chi connectivity index (χ0v) is 13.9. The van der Waals surface area contributed by atoms with Crippen molar-refractivity contribution in [3.05, 3.63) is 65.3 Å². The summed E-state index contributed by atoms with van der Waals surface area (Å²) < 4.78 is 5.43. The molecule has 1 aliphatic rings.